The molecule has 1 fully saturated rings. The molecule has 3 N–H and O–H groups in total. The smallest absolute Gasteiger partial charge is 0.268 e. The number of carbonyl (C=O) groups excluding carboxylic acids is 1. The molecule has 0 bridgehead atoms. The average molecular weight is 237 g/mol. The predicted octanol–water partition coefficient (Wildman–Crippen LogP) is 1.11. The Bertz CT molecular complexity index is 381. The molecule has 17 heavy (non-hydrogen) atoms. The zero-order chi connectivity index (χ0) is 12.3. The van der Waals surface area contributed by atoms with Gasteiger partial charge in [-0.25, -0.2) is 5.84 Å². The number of nitrogens with one attached hydrogen (secondary N) is 1. The van der Waals surface area contributed by atoms with Crippen LogP contribution in [0.3, 0.4) is 0 Å². The first-order valence-corrected chi connectivity index (χ1v) is 6.00. The maximum absolute atomic E-state index is 11.5. The molecular formula is C12H19N3O2. The molecule has 0 spiro atoms. The maximum Gasteiger partial charge on any atom is 0.268 e. The van der Waals surface area contributed by atoms with Gasteiger partial charge in [0.25, 0.3) is 5.91 Å². The summed E-state index contributed by atoms with van der Waals surface area (Å²) in [6.45, 7) is 5.08. The molecule has 0 saturated carbocycles. The average Bonchev–Trinajstić information content (AvgIpc) is 2.79. The number of likely N-dealkylation sites (tertiary alicyclic amines) is 1. The van der Waals surface area contributed by atoms with E-state index in [0.717, 1.165) is 19.0 Å². The molecule has 1 aromatic rings. The lowest BCUT2D eigenvalue weighted by Gasteiger charge is -2.29. The van der Waals surface area contributed by atoms with Gasteiger partial charge in [0.15, 0.2) is 0 Å². The van der Waals surface area contributed by atoms with E-state index in [1.54, 1.807) is 6.07 Å². The molecule has 1 saturated heterocycles. The summed E-state index contributed by atoms with van der Waals surface area (Å²) in [6.07, 6.45) is 3.95. The zero-order valence-electron chi connectivity index (χ0n) is 10.1. The minimum Gasteiger partial charge on any atom is -0.467 e. The van der Waals surface area contributed by atoms with Gasteiger partial charge in [-0.05, 0) is 37.9 Å². The Morgan fingerprint density at radius 2 is 2.29 bits per heavy atom. The summed E-state index contributed by atoms with van der Waals surface area (Å²) in [4.78, 5) is 13.8. The van der Waals surface area contributed by atoms with Crippen LogP contribution in [-0.4, -0.2) is 23.9 Å². The third-order valence-corrected chi connectivity index (χ3v) is 3.36. The highest BCUT2D eigenvalue weighted by atomic mass is 16.3. The predicted molar refractivity (Wildman–Crippen MR) is 64.0 cm³/mol. The fourth-order valence-electron chi connectivity index (χ4n) is 2.17. The molecule has 5 heteroatoms. The summed E-state index contributed by atoms with van der Waals surface area (Å²) in [7, 11) is 0. The Balaban J connectivity index is 1.99. The molecule has 0 unspecified atom stereocenters. The van der Waals surface area contributed by atoms with Crippen LogP contribution in [0.2, 0.25) is 0 Å². The molecule has 1 aromatic heterocycles. The first-order chi connectivity index (χ1) is 8.20. The van der Waals surface area contributed by atoms with E-state index in [-0.39, 0.29) is 5.91 Å². The van der Waals surface area contributed by atoms with Crippen molar-refractivity contribution >= 4 is 5.91 Å². The molecular weight excluding hydrogens is 218 g/mol. The fourth-order valence-corrected chi connectivity index (χ4v) is 2.17. The highest BCUT2D eigenvalue weighted by molar-refractivity contribution is 5.94. The number of nitrogens with two attached hydrogens (primary N) is 1. The molecule has 5 nitrogen and oxygen atoms in total. The van der Waals surface area contributed by atoms with Crippen LogP contribution >= 0.6 is 0 Å². The van der Waals surface area contributed by atoms with Crippen LogP contribution in [0.15, 0.2) is 16.7 Å². The zero-order valence-corrected chi connectivity index (χ0v) is 10.1. The maximum atomic E-state index is 11.5. The monoisotopic (exact) mass is 237 g/mol. The summed E-state index contributed by atoms with van der Waals surface area (Å²) < 4.78 is 5.36. The molecule has 2 rings (SSSR count). The van der Waals surface area contributed by atoms with Gasteiger partial charge in [0, 0.05) is 0 Å². The SMILES string of the molecule is CC1CCN(Cc2occc2C(=O)NN)CC1. The highest BCUT2D eigenvalue weighted by Crippen LogP contribution is 2.20. The second-order valence-corrected chi connectivity index (χ2v) is 4.69. The van der Waals surface area contributed by atoms with Gasteiger partial charge in [-0.2, -0.15) is 0 Å². The van der Waals surface area contributed by atoms with Crippen molar-refractivity contribution in [1.82, 2.24) is 10.3 Å². The number of amides is 1. The lowest BCUT2D eigenvalue weighted by Crippen LogP contribution is -2.34. The first-order valence-electron chi connectivity index (χ1n) is 6.00. The van der Waals surface area contributed by atoms with E-state index in [4.69, 9.17) is 10.3 Å². The molecule has 1 amide bonds. The third-order valence-electron chi connectivity index (χ3n) is 3.36. The van der Waals surface area contributed by atoms with Gasteiger partial charge in [-0.3, -0.25) is 15.1 Å². The number of rotatable bonds is 3. The van der Waals surface area contributed by atoms with Crippen LogP contribution in [0.25, 0.3) is 0 Å². The van der Waals surface area contributed by atoms with E-state index in [1.807, 2.05) is 0 Å². The minimum atomic E-state index is -0.292. The molecule has 0 radical (unpaired) electrons. The number of hydrogen-bond acceptors (Lipinski definition) is 4. The summed E-state index contributed by atoms with van der Waals surface area (Å²) >= 11 is 0. The minimum absolute atomic E-state index is 0.292. The van der Waals surface area contributed by atoms with E-state index in [1.165, 1.54) is 19.1 Å². The summed E-state index contributed by atoms with van der Waals surface area (Å²) in [6, 6.07) is 1.66. The van der Waals surface area contributed by atoms with Crippen molar-refractivity contribution in [3.8, 4) is 0 Å². The van der Waals surface area contributed by atoms with Gasteiger partial charge in [-0.15, -0.1) is 0 Å². The Morgan fingerprint density at radius 1 is 1.59 bits per heavy atom. The first kappa shape index (κ1) is 12.1. The Labute approximate surface area is 101 Å². The van der Waals surface area contributed by atoms with Crippen LogP contribution in [0.1, 0.15) is 35.9 Å². The number of nitrogen functional groups attached to an aromatic ring is 1. The highest BCUT2D eigenvalue weighted by Gasteiger charge is 2.20. The number of hydrazine groups is 1. The van der Waals surface area contributed by atoms with Gasteiger partial charge in [-0.1, -0.05) is 6.92 Å². The quantitative estimate of drug-likeness (QED) is 0.469. The summed E-state index contributed by atoms with van der Waals surface area (Å²) in [5.41, 5.74) is 2.67. The van der Waals surface area contributed by atoms with E-state index in [0.29, 0.717) is 17.9 Å². The second-order valence-electron chi connectivity index (χ2n) is 4.69. The number of furan rings is 1. The molecule has 1 aliphatic heterocycles. The molecule has 1 aliphatic rings. The number of piperidine rings is 1. The summed E-state index contributed by atoms with van der Waals surface area (Å²) in [5, 5.41) is 0. The van der Waals surface area contributed by atoms with Crippen molar-refractivity contribution in [1.29, 1.82) is 0 Å². The fraction of sp³-hybridized carbons (Fsp3) is 0.583. The molecule has 0 atom stereocenters. The lowest BCUT2D eigenvalue weighted by atomic mass is 9.99. The Hall–Kier alpha value is -1.33. The van der Waals surface area contributed by atoms with Gasteiger partial charge < -0.3 is 4.42 Å². The molecule has 0 aromatic carbocycles. The van der Waals surface area contributed by atoms with Crippen molar-refractivity contribution < 1.29 is 9.21 Å². The van der Waals surface area contributed by atoms with Crippen LogP contribution in [0.4, 0.5) is 0 Å². The number of nitrogens with zero attached hydrogens (tertiary/aromatic N) is 1. The standard InChI is InChI=1S/C12H19N3O2/c1-9-2-5-15(6-3-9)8-11-10(4-7-17-11)12(16)14-13/h4,7,9H,2-3,5-6,8,13H2,1H3,(H,14,16). The van der Waals surface area contributed by atoms with Crippen molar-refractivity contribution in [2.45, 2.75) is 26.3 Å². The van der Waals surface area contributed by atoms with Crippen molar-refractivity contribution in [2.24, 2.45) is 11.8 Å². The van der Waals surface area contributed by atoms with E-state index < -0.39 is 0 Å². The molecule has 94 valence electrons. The number of hydrogen-bond donors (Lipinski definition) is 2. The van der Waals surface area contributed by atoms with Gasteiger partial charge in [0.1, 0.15) is 5.76 Å². The van der Waals surface area contributed by atoms with E-state index in [2.05, 4.69) is 17.2 Å². The second kappa shape index (κ2) is 5.33. The lowest BCUT2D eigenvalue weighted by molar-refractivity contribution is 0.0948. The Morgan fingerprint density at radius 3 is 2.94 bits per heavy atom. The van der Waals surface area contributed by atoms with Crippen LogP contribution in [-0.2, 0) is 6.54 Å². The molecule has 0 aliphatic carbocycles. The van der Waals surface area contributed by atoms with Crippen molar-refractivity contribution in [3.63, 3.8) is 0 Å². The van der Waals surface area contributed by atoms with Crippen LogP contribution < -0.4 is 11.3 Å². The van der Waals surface area contributed by atoms with E-state index >= 15 is 0 Å². The summed E-state index contributed by atoms with van der Waals surface area (Å²) in [5.74, 6) is 6.33. The van der Waals surface area contributed by atoms with Crippen molar-refractivity contribution in [3.05, 3.63) is 23.7 Å². The van der Waals surface area contributed by atoms with Gasteiger partial charge in [0.05, 0.1) is 18.4 Å². The third kappa shape index (κ3) is 2.87. The largest absolute Gasteiger partial charge is 0.467 e. The van der Waals surface area contributed by atoms with Crippen LogP contribution in [0, 0.1) is 5.92 Å². The van der Waals surface area contributed by atoms with Gasteiger partial charge in [0.2, 0.25) is 0 Å². The van der Waals surface area contributed by atoms with Crippen molar-refractivity contribution in [2.75, 3.05) is 13.1 Å². The Kier molecular flexibility index (Phi) is 3.81. The topological polar surface area (TPSA) is 71.5 Å². The molecule has 2 heterocycles. The van der Waals surface area contributed by atoms with Gasteiger partial charge >= 0.3 is 0 Å². The van der Waals surface area contributed by atoms with E-state index in [9.17, 15) is 4.79 Å². The normalized spacial score (nSPS) is 18.2. The van der Waals surface area contributed by atoms with Crippen LogP contribution in [0.5, 0.6) is 0 Å². The number of carbonyl (C=O) groups is 1.